The van der Waals surface area contributed by atoms with Crippen molar-refractivity contribution in [2.45, 2.75) is 18.9 Å². The molecule has 94 valence electrons. The Balaban J connectivity index is 1.74. The Labute approximate surface area is 107 Å². The fourth-order valence-electron chi connectivity index (χ4n) is 2.08. The van der Waals surface area contributed by atoms with Gasteiger partial charge in [0.2, 0.25) is 0 Å². The SMILES string of the molecule is N#CC(NCC1CC1)c1ccc2c(c1)OCCO2. The number of rotatable bonds is 4. The average molecular weight is 244 g/mol. The van der Waals surface area contributed by atoms with Gasteiger partial charge in [0.25, 0.3) is 0 Å². The monoisotopic (exact) mass is 244 g/mol. The van der Waals surface area contributed by atoms with Crippen LogP contribution < -0.4 is 14.8 Å². The third kappa shape index (κ3) is 2.41. The van der Waals surface area contributed by atoms with E-state index < -0.39 is 0 Å². The average Bonchev–Trinajstić information content (AvgIpc) is 3.23. The van der Waals surface area contributed by atoms with Crippen LogP contribution in [0, 0.1) is 17.2 Å². The van der Waals surface area contributed by atoms with Gasteiger partial charge in [0, 0.05) is 0 Å². The van der Waals surface area contributed by atoms with Crippen molar-refractivity contribution in [3.05, 3.63) is 23.8 Å². The zero-order chi connectivity index (χ0) is 12.4. The van der Waals surface area contributed by atoms with Crippen molar-refractivity contribution in [1.82, 2.24) is 5.32 Å². The smallest absolute Gasteiger partial charge is 0.161 e. The van der Waals surface area contributed by atoms with Crippen molar-refractivity contribution in [2.24, 2.45) is 5.92 Å². The van der Waals surface area contributed by atoms with Crippen LogP contribution in [0.3, 0.4) is 0 Å². The number of nitrogens with zero attached hydrogens (tertiary/aromatic N) is 1. The normalized spacial score (nSPS) is 19.1. The molecule has 2 aliphatic rings. The van der Waals surface area contributed by atoms with E-state index in [1.165, 1.54) is 12.8 Å². The lowest BCUT2D eigenvalue weighted by molar-refractivity contribution is 0.171. The highest BCUT2D eigenvalue weighted by molar-refractivity contribution is 5.45. The molecule has 1 atom stereocenters. The van der Waals surface area contributed by atoms with Crippen LogP contribution in [0.4, 0.5) is 0 Å². The summed E-state index contributed by atoms with van der Waals surface area (Å²) >= 11 is 0. The second kappa shape index (κ2) is 4.87. The first-order valence-corrected chi connectivity index (χ1v) is 6.39. The second-order valence-electron chi connectivity index (χ2n) is 4.82. The molecule has 0 aromatic heterocycles. The molecular formula is C14H16N2O2. The number of hydrogen-bond donors (Lipinski definition) is 1. The number of fused-ring (bicyclic) bond motifs is 1. The van der Waals surface area contributed by atoms with Gasteiger partial charge in [-0.05, 0) is 43.0 Å². The first-order chi connectivity index (χ1) is 8.86. The largest absolute Gasteiger partial charge is 0.486 e. The highest BCUT2D eigenvalue weighted by Crippen LogP contribution is 2.33. The summed E-state index contributed by atoms with van der Waals surface area (Å²) in [6.07, 6.45) is 2.57. The Morgan fingerprint density at radius 2 is 2.06 bits per heavy atom. The van der Waals surface area contributed by atoms with E-state index in [0.29, 0.717) is 13.2 Å². The van der Waals surface area contributed by atoms with E-state index in [1.54, 1.807) is 0 Å². The van der Waals surface area contributed by atoms with Crippen molar-refractivity contribution in [2.75, 3.05) is 19.8 Å². The van der Waals surface area contributed by atoms with Crippen LogP contribution in [0.25, 0.3) is 0 Å². The van der Waals surface area contributed by atoms with Crippen LogP contribution in [-0.4, -0.2) is 19.8 Å². The molecule has 1 unspecified atom stereocenters. The van der Waals surface area contributed by atoms with E-state index in [2.05, 4.69) is 11.4 Å². The van der Waals surface area contributed by atoms with Crippen LogP contribution in [0.5, 0.6) is 11.5 Å². The van der Waals surface area contributed by atoms with Gasteiger partial charge in [0.05, 0.1) is 6.07 Å². The molecule has 1 fully saturated rings. The summed E-state index contributed by atoms with van der Waals surface area (Å²) in [7, 11) is 0. The minimum Gasteiger partial charge on any atom is -0.486 e. The third-order valence-corrected chi connectivity index (χ3v) is 3.34. The molecule has 1 heterocycles. The van der Waals surface area contributed by atoms with E-state index in [4.69, 9.17) is 9.47 Å². The molecule has 0 saturated heterocycles. The molecule has 1 saturated carbocycles. The maximum absolute atomic E-state index is 9.23. The van der Waals surface area contributed by atoms with Crippen LogP contribution in [0.15, 0.2) is 18.2 Å². The molecule has 0 bridgehead atoms. The molecular weight excluding hydrogens is 228 g/mol. The zero-order valence-electron chi connectivity index (χ0n) is 10.2. The van der Waals surface area contributed by atoms with Crippen molar-refractivity contribution in [3.63, 3.8) is 0 Å². The summed E-state index contributed by atoms with van der Waals surface area (Å²) in [6, 6.07) is 7.76. The van der Waals surface area contributed by atoms with Crippen LogP contribution >= 0.6 is 0 Å². The van der Waals surface area contributed by atoms with Crippen LogP contribution in [-0.2, 0) is 0 Å². The van der Waals surface area contributed by atoms with Crippen LogP contribution in [0.2, 0.25) is 0 Å². The third-order valence-electron chi connectivity index (χ3n) is 3.34. The number of hydrogen-bond acceptors (Lipinski definition) is 4. The summed E-state index contributed by atoms with van der Waals surface area (Å²) in [6.45, 7) is 2.09. The van der Waals surface area contributed by atoms with E-state index in [9.17, 15) is 5.26 Å². The lowest BCUT2D eigenvalue weighted by Crippen LogP contribution is -2.23. The Bertz CT molecular complexity index is 477. The highest BCUT2D eigenvalue weighted by atomic mass is 16.6. The quantitative estimate of drug-likeness (QED) is 0.880. The van der Waals surface area contributed by atoms with Gasteiger partial charge in [-0.25, -0.2) is 0 Å². The van der Waals surface area contributed by atoms with Gasteiger partial charge < -0.3 is 9.47 Å². The molecule has 1 N–H and O–H groups in total. The van der Waals surface area contributed by atoms with Crippen LogP contribution in [0.1, 0.15) is 24.4 Å². The lowest BCUT2D eigenvalue weighted by atomic mass is 10.1. The Morgan fingerprint density at radius 1 is 1.28 bits per heavy atom. The van der Waals surface area contributed by atoms with Gasteiger partial charge in [0.1, 0.15) is 19.3 Å². The molecule has 18 heavy (non-hydrogen) atoms. The Hall–Kier alpha value is -1.73. The number of benzene rings is 1. The van der Waals surface area contributed by atoms with E-state index in [1.807, 2.05) is 18.2 Å². The minimum absolute atomic E-state index is 0.263. The summed E-state index contributed by atoms with van der Waals surface area (Å²) in [5.74, 6) is 2.27. The molecule has 4 nitrogen and oxygen atoms in total. The Morgan fingerprint density at radius 3 is 2.78 bits per heavy atom. The molecule has 0 amide bonds. The minimum atomic E-state index is -0.263. The summed E-state index contributed by atoms with van der Waals surface area (Å²) in [4.78, 5) is 0. The standard InChI is InChI=1S/C14H16N2O2/c15-8-12(16-9-10-1-2-10)11-3-4-13-14(7-11)18-6-5-17-13/h3-4,7,10,12,16H,1-2,5-6,9H2. The first-order valence-electron chi connectivity index (χ1n) is 6.39. The molecule has 1 aromatic carbocycles. The second-order valence-corrected chi connectivity index (χ2v) is 4.82. The fourth-order valence-corrected chi connectivity index (χ4v) is 2.08. The van der Waals surface area contributed by atoms with Gasteiger partial charge in [-0.15, -0.1) is 0 Å². The highest BCUT2D eigenvalue weighted by Gasteiger charge is 2.23. The van der Waals surface area contributed by atoms with Gasteiger partial charge in [-0.2, -0.15) is 5.26 Å². The van der Waals surface area contributed by atoms with Gasteiger partial charge in [-0.3, -0.25) is 5.32 Å². The molecule has 1 aliphatic carbocycles. The fraction of sp³-hybridized carbons (Fsp3) is 0.500. The molecule has 4 heteroatoms. The number of nitriles is 1. The van der Waals surface area contributed by atoms with Crippen molar-refractivity contribution < 1.29 is 9.47 Å². The van der Waals surface area contributed by atoms with E-state index in [0.717, 1.165) is 29.5 Å². The molecule has 1 aromatic rings. The summed E-state index contributed by atoms with van der Waals surface area (Å²) in [5, 5.41) is 12.5. The molecule has 3 rings (SSSR count). The maximum Gasteiger partial charge on any atom is 0.161 e. The number of nitrogens with one attached hydrogen (secondary N) is 1. The van der Waals surface area contributed by atoms with Crippen molar-refractivity contribution >= 4 is 0 Å². The molecule has 0 spiro atoms. The van der Waals surface area contributed by atoms with Gasteiger partial charge >= 0.3 is 0 Å². The first kappa shape index (κ1) is 11.4. The summed E-state index contributed by atoms with van der Waals surface area (Å²) in [5.41, 5.74) is 0.947. The zero-order valence-corrected chi connectivity index (χ0v) is 10.2. The topological polar surface area (TPSA) is 54.3 Å². The van der Waals surface area contributed by atoms with E-state index >= 15 is 0 Å². The predicted octanol–water partition coefficient (Wildman–Crippen LogP) is 2.02. The summed E-state index contributed by atoms with van der Waals surface area (Å²) < 4.78 is 11.0. The molecule has 1 aliphatic heterocycles. The predicted molar refractivity (Wildman–Crippen MR) is 66.5 cm³/mol. The Kier molecular flexibility index (Phi) is 3.07. The van der Waals surface area contributed by atoms with Crippen molar-refractivity contribution in [3.8, 4) is 17.6 Å². The van der Waals surface area contributed by atoms with Gasteiger partial charge in [-0.1, -0.05) is 6.07 Å². The van der Waals surface area contributed by atoms with Crippen molar-refractivity contribution in [1.29, 1.82) is 5.26 Å². The lowest BCUT2D eigenvalue weighted by Gasteiger charge is -2.20. The maximum atomic E-state index is 9.23. The van der Waals surface area contributed by atoms with Gasteiger partial charge in [0.15, 0.2) is 11.5 Å². The van der Waals surface area contributed by atoms with E-state index in [-0.39, 0.29) is 6.04 Å². The number of ether oxygens (including phenoxy) is 2. The molecule has 0 radical (unpaired) electrons.